The number of aromatic nitrogens is 1. The predicted octanol–water partition coefficient (Wildman–Crippen LogP) is 2.92. The van der Waals surface area contributed by atoms with Crippen LogP contribution in [0.15, 0.2) is 54.7 Å². The van der Waals surface area contributed by atoms with E-state index in [1.54, 1.807) is 24.3 Å². The fraction of sp³-hybridized carbons (Fsp3) is 0.158. The van der Waals surface area contributed by atoms with Crippen LogP contribution in [0, 0.1) is 0 Å². The van der Waals surface area contributed by atoms with E-state index < -0.39 is 6.04 Å². The Balaban J connectivity index is 1.60. The summed E-state index contributed by atoms with van der Waals surface area (Å²) in [6.45, 7) is 0. The Hall–Kier alpha value is -3.28. The summed E-state index contributed by atoms with van der Waals surface area (Å²) in [4.78, 5) is 29.5. The van der Waals surface area contributed by atoms with E-state index in [9.17, 15) is 9.59 Å². The van der Waals surface area contributed by atoms with E-state index in [-0.39, 0.29) is 18.2 Å². The van der Waals surface area contributed by atoms with E-state index in [0.29, 0.717) is 11.4 Å². The number of anilines is 2. The number of nitrogens with one attached hydrogen (secondary N) is 2. The van der Waals surface area contributed by atoms with Crippen LogP contribution in [0.5, 0.6) is 5.75 Å². The van der Waals surface area contributed by atoms with Crippen LogP contribution in [0.3, 0.4) is 0 Å². The highest BCUT2D eigenvalue weighted by molar-refractivity contribution is 6.23. The van der Waals surface area contributed by atoms with E-state index in [4.69, 9.17) is 4.74 Å². The number of carbonyl (C=O) groups is 2. The van der Waals surface area contributed by atoms with Crippen molar-refractivity contribution in [2.75, 3.05) is 17.3 Å². The number of benzene rings is 2. The second-order valence-corrected chi connectivity index (χ2v) is 5.92. The van der Waals surface area contributed by atoms with Crippen LogP contribution >= 0.6 is 0 Å². The van der Waals surface area contributed by atoms with Gasteiger partial charge in [-0.05, 0) is 35.7 Å². The van der Waals surface area contributed by atoms with E-state index in [0.717, 1.165) is 16.6 Å². The van der Waals surface area contributed by atoms with Crippen LogP contribution in [0.1, 0.15) is 6.42 Å². The molecule has 1 fully saturated rings. The first-order valence-electron chi connectivity index (χ1n) is 8.01. The lowest BCUT2D eigenvalue weighted by molar-refractivity contribution is -0.121. The van der Waals surface area contributed by atoms with Gasteiger partial charge in [0, 0.05) is 17.4 Å². The van der Waals surface area contributed by atoms with Crippen molar-refractivity contribution in [3.63, 3.8) is 0 Å². The third-order valence-corrected chi connectivity index (χ3v) is 4.37. The molecule has 1 aliphatic heterocycles. The molecule has 126 valence electrons. The van der Waals surface area contributed by atoms with E-state index >= 15 is 0 Å². The van der Waals surface area contributed by atoms with Gasteiger partial charge in [0.15, 0.2) is 0 Å². The molecule has 2 heterocycles. The first kappa shape index (κ1) is 15.3. The number of aromatic amines is 1. The van der Waals surface area contributed by atoms with Crippen molar-refractivity contribution >= 4 is 34.1 Å². The molecule has 2 aromatic carbocycles. The Morgan fingerprint density at radius 1 is 1.16 bits per heavy atom. The number of rotatable bonds is 4. The van der Waals surface area contributed by atoms with Crippen LogP contribution in [0.25, 0.3) is 10.9 Å². The Bertz CT molecular complexity index is 963. The Labute approximate surface area is 144 Å². The van der Waals surface area contributed by atoms with Gasteiger partial charge in [-0.3, -0.25) is 9.59 Å². The smallest absolute Gasteiger partial charge is 0.256 e. The van der Waals surface area contributed by atoms with Gasteiger partial charge in [-0.15, -0.1) is 0 Å². The molecule has 0 radical (unpaired) electrons. The average Bonchev–Trinajstić information content (AvgIpc) is 3.19. The van der Waals surface area contributed by atoms with Crippen molar-refractivity contribution in [2.24, 2.45) is 0 Å². The molecule has 0 spiro atoms. The zero-order valence-corrected chi connectivity index (χ0v) is 13.7. The van der Waals surface area contributed by atoms with Crippen molar-refractivity contribution in [2.45, 2.75) is 12.5 Å². The Morgan fingerprint density at radius 2 is 2.00 bits per heavy atom. The van der Waals surface area contributed by atoms with Gasteiger partial charge in [-0.1, -0.05) is 18.2 Å². The van der Waals surface area contributed by atoms with Crippen LogP contribution in [0.4, 0.5) is 11.4 Å². The molecule has 6 nitrogen and oxygen atoms in total. The van der Waals surface area contributed by atoms with Crippen LogP contribution in [-0.4, -0.2) is 29.9 Å². The highest BCUT2D eigenvalue weighted by Gasteiger charge is 2.40. The minimum Gasteiger partial charge on any atom is -0.495 e. The number of fused-ring (bicyclic) bond motifs is 1. The zero-order valence-electron chi connectivity index (χ0n) is 13.7. The van der Waals surface area contributed by atoms with Crippen LogP contribution in [0.2, 0.25) is 0 Å². The fourth-order valence-electron chi connectivity index (χ4n) is 3.15. The molecule has 3 aromatic rings. The third kappa shape index (κ3) is 2.61. The lowest BCUT2D eigenvalue weighted by Gasteiger charge is -2.18. The maximum Gasteiger partial charge on any atom is 0.256 e. The molecule has 0 bridgehead atoms. The highest BCUT2D eigenvalue weighted by atomic mass is 16.5. The summed E-state index contributed by atoms with van der Waals surface area (Å²) in [7, 11) is 1.52. The van der Waals surface area contributed by atoms with Gasteiger partial charge in [-0.2, -0.15) is 0 Å². The molecular weight excluding hydrogens is 318 g/mol. The van der Waals surface area contributed by atoms with Gasteiger partial charge in [0.25, 0.3) is 5.91 Å². The summed E-state index contributed by atoms with van der Waals surface area (Å²) >= 11 is 0. The maximum absolute atomic E-state index is 12.8. The average molecular weight is 335 g/mol. The van der Waals surface area contributed by atoms with Crippen molar-refractivity contribution < 1.29 is 14.3 Å². The Morgan fingerprint density at radius 3 is 2.84 bits per heavy atom. The van der Waals surface area contributed by atoms with Gasteiger partial charge in [-0.25, -0.2) is 4.90 Å². The van der Waals surface area contributed by atoms with Gasteiger partial charge in [0.2, 0.25) is 5.91 Å². The van der Waals surface area contributed by atoms with Crippen molar-refractivity contribution in [3.8, 4) is 5.75 Å². The summed E-state index contributed by atoms with van der Waals surface area (Å²) in [5.74, 6) is -0.0216. The fourth-order valence-corrected chi connectivity index (χ4v) is 3.15. The number of imide groups is 1. The monoisotopic (exact) mass is 335 g/mol. The number of ether oxygens (including phenoxy) is 1. The van der Waals surface area contributed by atoms with E-state index in [2.05, 4.69) is 10.3 Å². The normalized spacial score (nSPS) is 17.3. The summed E-state index contributed by atoms with van der Waals surface area (Å²) in [5.41, 5.74) is 2.25. The third-order valence-electron chi connectivity index (χ3n) is 4.37. The molecule has 0 unspecified atom stereocenters. The van der Waals surface area contributed by atoms with Crippen molar-refractivity contribution in [1.29, 1.82) is 0 Å². The van der Waals surface area contributed by atoms with Gasteiger partial charge in [0.1, 0.15) is 11.8 Å². The molecule has 1 aromatic heterocycles. The van der Waals surface area contributed by atoms with Gasteiger partial charge < -0.3 is 15.0 Å². The minimum absolute atomic E-state index is 0.111. The largest absolute Gasteiger partial charge is 0.495 e. The molecule has 0 saturated carbocycles. The molecule has 2 amide bonds. The molecule has 1 aliphatic rings. The number of carbonyl (C=O) groups excluding carboxylic acids is 2. The number of amides is 2. The van der Waals surface area contributed by atoms with Gasteiger partial charge in [0.05, 0.1) is 19.2 Å². The van der Waals surface area contributed by atoms with Crippen LogP contribution in [-0.2, 0) is 9.59 Å². The topological polar surface area (TPSA) is 74.4 Å². The summed E-state index contributed by atoms with van der Waals surface area (Å²) in [6.07, 6.45) is 1.97. The number of nitrogens with zero attached hydrogens (tertiary/aromatic N) is 1. The summed E-state index contributed by atoms with van der Waals surface area (Å²) in [6, 6.07) is 14.2. The first-order chi connectivity index (χ1) is 12.2. The van der Waals surface area contributed by atoms with E-state index in [1.807, 2.05) is 30.5 Å². The first-order valence-corrected chi connectivity index (χ1v) is 8.01. The quantitative estimate of drug-likeness (QED) is 0.719. The summed E-state index contributed by atoms with van der Waals surface area (Å²) in [5, 5.41) is 4.26. The number of para-hydroxylation sites is 2. The summed E-state index contributed by atoms with van der Waals surface area (Å²) < 4.78 is 5.28. The standard InChI is InChI=1S/C19H17N3O3/c1-25-17-5-3-2-4-16(17)22-18(23)11-15(19(22)24)21-13-7-6-12-8-9-20-14(12)10-13/h2-10,15,20-21H,11H2,1H3/t15-/m1/s1. The van der Waals surface area contributed by atoms with Crippen molar-refractivity contribution in [3.05, 3.63) is 54.7 Å². The van der Waals surface area contributed by atoms with E-state index in [1.165, 1.54) is 12.0 Å². The second-order valence-electron chi connectivity index (χ2n) is 5.92. The minimum atomic E-state index is -0.593. The maximum atomic E-state index is 12.8. The highest BCUT2D eigenvalue weighted by Crippen LogP contribution is 2.32. The molecule has 6 heteroatoms. The zero-order chi connectivity index (χ0) is 17.4. The molecule has 1 saturated heterocycles. The SMILES string of the molecule is COc1ccccc1N1C(=O)C[C@@H](Nc2ccc3cc[nH]c3c2)C1=O. The number of hydrogen-bond donors (Lipinski definition) is 2. The lowest BCUT2D eigenvalue weighted by atomic mass is 10.2. The van der Waals surface area contributed by atoms with Crippen LogP contribution < -0.4 is 15.0 Å². The lowest BCUT2D eigenvalue weighted by Crippen LogP contribution is -2.35. The molecule has 25 heavy (non-hydrogen) atoms. The van der Waals surface area contributed by atoms with Crippen molar-refractivity contribution in [1.82, 2.24) is 4.98 Å². The molecule has 0 aliphatic carbocycles. The number of methoxy groups -OCH3 is 1. The molecule has 1 atom stereocenters. The molecular formula is C19H17N3O3. The second kappa shape index (κ2) is 5.98. The molecule has 4 rings (SSSR count). The number of H-pyrrole nitrogens is 1. The Kier molecular flexibility index (Phi) is 3.65. The predicted molar refractivity (Wildman–Crippen MR) is 95.8 cm³/mol. The molecule has 2 N–H and O–H groups in total. The van der Waals surface area contributed by atoms with Gasteiger partial charge >= 0.3 is 0 Å². The number of hydrogen-bond acceptors (Lipinski definition) is 4.